The van der Waals surface area contributed by atoms with E-state index in [2.05, 4.69) is 539 Å². The molecule has 3 nitrogen and oxygen atoms in total. The van der Waals surface area contributed by atoms with Gasteiger partial charge in [0.05, 0.1) is 16.7 Å². The van der Waals surface area contributed by atoms with E-state index >= 15 is 0 Å². The van der Waals surface area contributed by atoms with Gasteiger partial charge in [-0.1, -0.05) is 451 Å². The van der Waals surface area contributed by atoms with Gasteiger partial charge in [0.2, 0.25) is 0 Å². The SMILES string of the molecule is CC(C)(C)c1ccc2c(c1)N(c1ccc(-c3ccccc3)cc1-c1ccccc1)c1cc(-c3cc([Si](c4ccccc4)(c4ccccc4)c4cccc(-c5ccccc5)c4)cc([Si](c4ccccc4)(c4ccccc4)c4cccc(-c5ccccc5)c4)c3)cc3c1B2c1ccc(-n2c4ccccc4c4ccccc42)cc1N3c1cc(-c2ccccc2)cc(-c2ccccc2)c1. The second-order valence-electron chi connectivity index (χ2n) is 35.8. The van der Waals surface area contributed by atoms with Crippen LogP contribution in [0.5, 0.6) is 0 Å². The van der Waals surface area contributed by atoms with Gasteiger partial charge in [0.25, 0.3) is 6.71 Å². The van der Waals surface area contributed by atoms with Gasteiger partial charge in [0, 0.05) is 50.5 Å². The molecule has 0 bridgehead atoms. The number of para-hydroxylation sites is 2. The third-order valence-electron chi connectivity index (χ3n) is 27.3. The number of rotatable bonds is 18. The summed E-state index contributed by atoms with van der Waals surface area (Å²) in [6.07, 6.45) is 0. The quantitative estimate of drug-likeness (QED) is 0.0627. The number of aromatic nitrogens is 1. The summed E-state index contributed by atoms with van der Waals surface area (Å²) in [6.45, 7) is 6.83. The normalized spacial score (nSPS) is 12.4. The van der Waals surface area contributed by atoms with Gasteiger partial charge in [-0.2, -0.15) is 0 Å². The van der Waals surface area contributed by atoms with Gasteiger partial charge in [0.15, 0.2) is 16.1 Å². The van der Waals surface area contributed by atoms with Crippen molar-refractivity contribution >= 4 is 137 Å². The van der Waals surface area contributed by atoms with Crippen molar-refractivity contribution in [1.29, 1.82) is 0 Å². The Morgan fingerprint density at radius 1 is 0.200 bits per heavy atom. The molecule has 0 aliphatic carbocycles. The highest BCUT2D eigenvalue weighted by Gasteiger charge is 2.49. The molecule has 0 N–H and O–H groups in total. The van der Waals surface area contributed by atoms with Crippen molar-refractivity contribution in [2.24, 2.45) is 0 Å². The maximum atomic E-state index is 2.74. The average Bonchev–Trinajstić information content (AvgIpc) is 0.742. The van der Waals surface area contributed by atoms with Crippen LogP contribution in [0.15, 0.2) is 504 Å². The van der Waals surface area contributed by atoms with Crippen LogP contribution in [0.2, 0.25) is 0 Å². The number of hydrogen-bond acceptors (Lipinski definition) is 2. The predicted molar refractivity (Wildman–Crippen MR) is 559 cm³/mol. The predicted octanol–water partition coefficient (Wildman–Crippen LogP) is 24.6. The van der Waals surface area contributed by atoms with Crippen molar-refractivity contribution in [3.05, 3.63) is 509 Å². The minimum absolute atomic E-state index is 0.244. The van der Waals surface area contributed by atoms with E-state index in [4.69, 9.17) is 0 Å². The molecular formula is C124H92BN3Si2. The van der Waals surface area contributed by atoms with Crippen molar-refractivity contribution in [1.82, 2.24) is 4.57 Å². The lowest BCUT2D eigenvalue weighted by molar-refractivity contribution is 0.590. The Kier molecular flexibility index (Phi) is 20.0. The number of hydrogen-bond donors (Lipinski definition) is 0. The summed E-state index contributed by atoms with van der Waals surface area (Å²) in [7, 11) is -7.27. The van der Waals surface area contributed by atoms with Gasteiger partial charge in [-0.3, -0.25) is 0 Å². The highest BCUT2D eigenvalue weighted by Crippen LogP contribution is 2.51. The Morgan fingerprint density at radius 3 is 0.977 bits per heavy atom. The lowest BCUT2D eigenvalue weighted by atomic mass is 9.33. The molecule has 2 aliphatic rings. The van der Waals surface area contributed by atoms with Gasteiger partial charge in [-0.05, 0) is 214 Å². The van der Waals surface area contributed by atoms with Crippen LogP contribution >= 0.6 is 0 Å². The van der Waals surface area contributed by atoms with Crippen LogP contribution in [-0.2, 0) is 5.41 Å². The molecule has 1 aromatic heterocycles. The van der Waals surface area contributed by atoms with Crippen molar-refractivity contribution < 1.29 is 0 Å². The molecule has 614 valence electrons. The van der Waals surface area contributed by atoms with Gasteiger partial charge < -0.3 is 14.4 Å². The zero-order chi connectivity index (χ0) is 86.9. The summed E-state index contributed by atoms with van der Waals surface area (Å²) < 4.78 is 2.51. The largest absolute Gasteiger partial charge is 0.311 e. The summed E-state index contributed by atoms with van der Waals surface area (Å²) in [6, 6.07) is 193. The van der Waals surface area contributed by atoms with E-state index in [1.54, 1.807) is 0 Å². The number of fused-ring (bicyclic) bond motifs is 7. The monoisotopic (exact) mass is 1690 g/mol. The summed E-state index contributed by atoms with van der Waals surface area (Å²) >= 11 is 0. The molecule has 6 heteroatoms. The van der Waals surface area contributed by atoms with Crippen LogP contribution in [0.1, 0.15) is 26.3 Å². The first kappa shape index (κ1) is 79.0. The van der Waals surface area contributed by atoms with E-state index in [-0.39, 0.29) is 12.1 Å². The summed E-state index contributed by atoms with van der Waals surface area (Å²) in [5, 5.41) is 12.7. The fourth-order valence-corrected chi connectivity index (χ4v) is 31.2. The van der Waals surface area contributed by atoms with Gasteiger partial charge in [0.1, 0.15) is 0 Å². The minimum atomic E-state index is -3.64. The Bertz CT molecular complexity index is 7420. The van der Waals surface area contributed by atoms with Crippen LogP contribution < -0.4 is 67.7 Å². The van der Waals surface area contributed by atoms with E-state index in [0.29, 0.717) is 0 Å². The topological polar surface area (TPSA) is 11.4 Å². The maximum absolute atomic E-state index is 3.64. The fourth-order valence-electron chi connectivity index (χ4n) is 21.3. The molecule has 0 atom stereocenters. The molecular weight excluding hydrogens is 1600 g/mol. The second-order valence-corrected chi connectivity index (χ2v) is 43.4. The van der Waals surface area contributed by atoms with E-state index in [0.717, 1.165) is 106 Å². The van der Waals surface area contributed by atoms with Crippen LogP contribution in [0.4, 0.5) is 34.1 Å². The summed E-state index contributed by atoms with van der Waals surface area (Å²) in [5.74, 6) is 0. The molecule has 0 fully saturated rings. The highest BCUT2D eigenvalue weighted by molar-refractivity contribution is 7.22. The zero-order valence-electron chi connectivity index (χ0n) is 72.8. The van der Waals surface area contributed by atoms with E-state index < -0.39 is 16.1 Å². The summed E-state index contributed by atoms with van der Waals surface area (Å²) in [4.78, 5) is 5.41. The Labute approximate surface area is 764 Å². The molecule has 0 saturated heterocycles. The molecule has 0 unspecified atom stereocenters. The van der Waals surface area contributed by atoms with Crippen molar-refractivity contribution in [3.8, 4) is 83.6 Å². The van der Waals surface area contributed by atoms with Gasteiger partial charge in [-0.15, -0.1) is 0 Å². The molecule has 0 spiro atoms. The van der Waals surface area contributed by atoms with Crippen LogP contribution in [0.3, 0.4) is 0 Å². The van der Waals surface area contributed by atoms with Gasteiger partial charge in [-0.25, -0.2) is 0 Å². The minimum Gasteiger partial charge on any atom is -0.311 e. The number of benzene rings is 20. The molecule has 0 amide bonds. The first-order valence-corrected chi connectivity index (χ1v) is 49.4. The van der Waals surface area contributed by atoms with Gasteiger partial charge >= 0.3 is 0 Å². The zero-order valence-corrected chi connectivity index (χ0v) is 74.8. The van der Waals surface area contributed by atoms with Crippen molar-refractivity contribution in [3.63, 3.8) is 0 Å². The maximum Gasteiger partial charge on any atom is 0.252 e. The average molecular weight is 1690 g/mol. The van der Waals surface area contributed by atoms with E-state index in [1.807, 2.05) is 0 Å². The van der Waals surface area contributed by atoms with E-state index in [9.17, 15) is 0 Å². The van der Waals surface area contributed by atoms with Crippen molar-refractivity contribution in [2.45, 2.75) is 26.2 Å². The smallest absolute Gasteiger partial charge is 0.252 e. The third kappa shape index (κ3) is 13.6. The molecule has 20 aromatic carbocycles. The molecule has 0 radical (unpaired) electrons. The Balaban J connectivity index is 0.919. The molecule has 0 saturated carbocycles. The second kappa shape index (κ2) is 32.9. The number of anilines is 6. The molecule has 23 rings (SSSR count). The fraction of sp³-hybridized carbons (Fsp3) is 0.0323. The third-order valence-corrected chi connectivity index (χ3v) is 36.8. The first-order chi connectivity index (χ1) is 64.1. The lowest BCUT2D eigenvalue weighted by Gasteiger charge is -2.45. The molecule has 3 heterocycles. The first-order valence-electron chi connectivity index (χ1n) is 45.4. The highest BCUT2D eigenvalue weighted by atomic mass is 28.3. The Morgan fingerprint density at radius 2 is 0.538 bits per heavy atom. The Hall–Kier alpha value is -15.7. The molecule has 2 aliphatic heterocycles. The van der Waals surface area contributed by atoms with Crippen LogP contribution in [0.25, 0.3) is 105 Å². The summed E-state index contributed by atoms with van der Waals surface area (Å²) in [5.41, 5.74) is 30.6. The van der Waals surface area contributed by atoms with Crippen LogP contribution in [-0.4, -0.2) is 27.4 Å². The lowest BCUT2D eigenvalue weighted by Crippen LogP contribution is -2.78. The number of nitrogens with zero attached hydrogens (tertiary/aromatic N) is 3. The van der Waals surface area contributed by atoms with Crippen molar-refractivity contribution in [2.75, 3.05) is 9.80 Å². The molecule has 130 heavy (non-hydrogen) atoms. The standard InChI is InChI=1S/C124H92BN3Si2/c1-124(2,3)100-69-71-114-119(84-100)128(118-73-68-95(89-44-18-6-19-45-89)81-113(118)92-50-24-9-25-51-92)122-83-99(82-121-123(122)125(114)115-72-70-101(126-116-66-36-34-64-111(116)112-65-35-37-67-117(112)126)85-120(115)127(121)102-75-96(90-46-20-7-21-47-90)74-97(76-102)91-48-22-8-23-49-91)98-79-109(129(103-54-26-10-27-55-103,104-56-28-11-29-57-104)107-62-38-52-93(77-107)87-40-14-4-15-41-87)86-110(80-98)130(105-58-30-12-31-59-105,106-60-32-13-33-61-106)108-63-39-53-94(78-108)88-42-16-5-17-43-88/h4-86H,1-3H3. The van der Waals surface area contributed by atoms with Crippen LogP contribution in [0, 0.1) is 0 Å². The van der Waals surface area contributed by atoms with E-state index in [1.165, 1.54) is 96.5 Å². The molecule has 21 aromatic rings.